The average molecular weight is 183 g/mol. The molecule has 1 radical (unpaired) electrons. The van der Waals surface area contributed by atoms with Gasteiger partial charge in [0.15, 0.2) is 0 Å². The van der Waals surface area contributed by atoms with Gasteiger partial charge in [-0.3, -0.25) is 0 Å². The minimum atomic E-state index is 0.257. The monoisotopic (exact) mass is 183 g/mol. The molecule has 0 atom stereocenters. The number of hydrogen-bond acceptors (Lipinski definition) is 0. The van der Waals surface area contributed by atoms with Crippen molar-refractivity contribution in [3.05, 3.63) is 6.92 Å². The maximum Gasteiger partial charge on any atom is -0.0331 e. The highest BCUT2D eigenvalue weighted by Gasteiger charge is 2.22. The van der Waals surface area contributed by atoms with E-state index >= 15 is 0 Å². The fraction of sp³-hybridized carbons (Fsp3) is 0.923. The summed E-state index contributed by atoms with van der Waals surface area (Å²) in [5.74, 6) is 0.778. The van der Waals surface area contributed by atoms with E-state index in [1.54, 1.807) is 0 Å². The van der Waals surface area contributed by atoms with Crippen molar-refractivity contribution >= 4 is 0 Å². The summed E-state index contributed by atoms with van der Waals surface area (Å²) in [4.78, 5) is 0. The first-order chi connectivity index (χ1) is 5.65. The number of rotatable bonds is 5. The molecule has 0 N–H and O–H groups in total. The fourth-order valence-electron chi connectivity index (χ4n) is 1.31. The second-order valence-corrected chi connectivity index (χ2v) is 6.16. The van der Waals surface area contributed by atoms with Crippen molar-refractivity contribution in [2.75, 3.05) is 0 Å². The van der Waals surface area contributed by atoms with Crippen molar-refractivity contribution in [1.29, 1.82) is 0 Å². The Morgan fingerprint density at radius 2 is 1.46 bits per heavy atom. The van der Waals surface area contributed by atoms with E-state index in [2.05, 4.69) is 48.5 Å². The molecule has 0 nitrogen and oxygen atoms in total. The van der Waals surface area contributed by atoms with Crippen molar-refractivity contribution in [3.63, 3.8) is 0 Å². The van der Waals surface area contributed by atoms with E-state index < -0.39 is 0 Å². The lowest BCUT2D eigenvalue weighted by atomic mass is 9.75. The molecular formula is C13H27. The molecule has 0 fully saturated rings. The van der Waals surface area contributed by atoms with Crippen LogP contribution in [0.25, 0.3) is 0 Å². The van der Waals surface area contributed by atoms with Crippen LogP contribution in [0.3, 0.4) is 0 Å². The van der Waals surface area contributed by atoms with Gasteiger partial charge in [0.25, 0.3) is 0 Å². The molecule has 0 aliphatic rings. The first-order valence-corrected chi connectivity index (χ1v) is 5.50. The Kier molecular flexibility index (Phi) is 4.48. The second kappa shape index (κ2) is 4.48. The minimum absolute atomic E-state index is 0.257. The molecule has 0 aliphatic heterocycles. The summed E-state index contributed by atoms with van der Waals surface area (Å²) in [6.45, 7) is 17.9. The molecule has 0 aromatic carbocycles. The average Bonchev–Trinajstić information content (AvgIpc) is 1.82. The van der Waals surface area contributed by atoms with Crippen LogP contribution in [0.15, 0.2) is 0 Å². The highest BCUT2D eigenvalue weighted by atomic mass is 14.3. The Labute approximate surface area is 85.1 Å². The van der Waals surface area contributed by atoms with Gasteiger partial charge in [-0.05, 0) is 36.5 Å². The number of hydrogen-bond donors (Lipinski definition) is 0. The highest BCUT2D eigenvalue weighted by Crippen LogP contribution is 2.34. The van der Waals surface area contributed by atoms with Crippen LogP contribution in [0.4, 0.5) is 0 Å². The van der Waals surface area contributed by atoms with Gasteiger partial charge in [-0.1, -0.05) is 48.0 Å². The van der Waals surface area contributed by atoms with Gasteiger partial charge in [0.05, 0.1) is 0 Å². The van der Waals surface area contributed by atoms with Crippen LogP contribution in [0.2, 0.25) is 0 Å². The molecule has 79 valence electrons. The molecule has 0 heteroatoms. The quantitative estimate of drug-likeness (QED) is 0.579. The molecule has 0 aromatic rings. The molecule has 0 saturated heterocycles. The van der Waals surface area contributed by atoms with Crippen LogP contribution >= 0.6 is 0 Å². The molecule has 0 unspecified atom stereocenters. The van der Waals surface area contributed by atoms with Gasteiger partial charge >= 0.3 is 0 Å². The zero-order valence-corrected chi connectivity index (χ0v) is 10.4. The third kappa shape index (κ3) is 6.12. The third-order valence-electron chi connectivity index (χ3n) is 3.24. The van der Waals surface area contributed by atoms with Crippen molar-refractivity contribution < 1.29 is 0 Å². The Morgan fingerprint density at radius 1 is 1.00 bits per heavy atom. The summed E-state index contributed by atoms with van der Waals surface area (Å²) in [6, 6.07) is 0. The Hall–Kier alpha value is 0. The largest absolute Gasteiger partial charge is 0.0623 e. The van der Waals surface area contributed by atoms with Crippen LogP contribution in [0.5, 0.6) is 0 Å². The van der Waals surface area contributed by atoms with Crippen molar-refractivity contribution in [2.45, 2.75) is 60.8 Å². The normalized spacial score (nSPS) is 13.8. The lowest BCUT2D eigenvalue weighted by Gasteiger charge is -2.30. The smallest absolute Gasteiger partial charge is 0.0331 e. The van der Waals surface area contributed by atoms with Crippen LogP contribution in [0.1, 0.15) is 60.8 Å². The summed E-state index contributed by atoms with van der Waals surface area (Å²) in [5, 5.41) is 0. The molecular weight excluding hydrogens is 156 g/mol. The molecule has 0 bridgehead atoms. The molecule has 0 amide bonds. The van der Waals surface area contributed by atoms with Gasteiger partial charge in [-0.15, -0.1) is 0 Å². The van der Waals surface area contributed by atoms with Crippen LogP contribution < -0.4 is 0 Å². The van der Waals surface area contributed by atoms with Crippen molar-refractivity contribution in [1.82, 2.24) is 0 Å². The summed E-state index contributed by atoms with van der Waals surface area (Å²) in [7, 11) is 0. The topological polar surface area (TPSA) is 0 Å². The van der Waals surface area contributed by atoms with Gasteiger partial charge in [0, 0.05) is 0 Å². The van der Waals surface area contributed by atoms with Gasteiger partial charge in [-0.2, -0.15) is 0 Å². The van der Waals surface area contributed by atoms with E-state index in [9.17, 15) is 0 Å². The molecule has 0 aromatic heterocycles. The van der Waals surface area contributed by atoms with E-state index in [0.717, 1.165) is 5.92 Å². The SMILES string of the molecule is [CH2]C(C)(C)CCCC(C)(C)C(C)C. The molecule has 0 heterocycles. The molecule has 0 saturated carbocycles. The predicted octanol–water partition coefficient (Wildman–Crippen LogP) is 4.70. The predicted molar refractivity (Wildman–Crippen MR) is 61.6 cm³/mol. The lowest BCUT2D eigenvalue weighted by Crippen LogP contribution is -2.19. The highest BCUT2D eigenvalue weighted by molar-refractivity contribution is 4.76. The molecule has 0 rings (SSSR count). The Balaban J connectivity index is 3.77. The van der Waals surface area contributed by atoms with Crippen LogP contribution in [-0.2, 0) is 0 Å². The molecule has 0 aliphatic carbocycles. The zero-order chi connectivity index (χ0) is 10.7. The second-order valence-electron chi connectivity index (χ2n) is 6.16. The van der Waals surface area contributed by atoms with Crippen molar-refractivity contribution in [3.8, 4) is 0 Å². The third-order valence-corrected chi connectivity index (χ3v) is 3.24. The van der Waals surface area contributed by atoms with Gasteiger partial charge < -0.3 is 0 Å². The fourth-order valence-corrected chi connectivity index (χ4v) is 1.31. The first-order valence-electron chi connectivity index (χ1n) is 5.50. The van der Waals surface area contributed by atoms with Gasteiger partial charge in [0.2, 0.25) is 0 Å². The Bertz CT molecular complexity index is 135. The molecule has 0 spiro atoms. The zero-order valence-electron chi connectivity index (χ0n) is 10.4. The summed E-state index contributed by atoms with van der Waals surface area (Å²) >= 11 is 0. The standard InChI is InChI=1S/C13H27/c1-11(2)13(6,7)10-8-9-12(3,4)5/h11H,3,8-10H2,1-2,4-7H3. The van der Waals surface area contributed by atoms with Crippen LogP contribution in [-0.4, -0.2) is 0 Å². The van der Waals surface area contributed by atoms with E-state index in [-0.39, 0.29) is 5.41 Å². The van der Waals surface area contributed by atoms with Crippen molar-refractivity contribution in [2.24, 2.45) is 16.7 Å². The van der Waals surface area contributed by atoms with Crippen LogP contribution in [0, 0.1) is 23.7 Å². The van der Waals surface area contributed by atoms with E-state index in [4.69, 9.17) is 0 Å². The maximum absolute atomic E-state index is 4.13. The minimum Gasteiger partial charge on any atom is -0.0623 e. The van der Waals surface area contributed by atoms with Gasteiger partial charge in [-0.25, -0.2) is 0 Å². The lowest BCUT2D eigenvalue weighted by molar-refractivity contribution is 0.212. The maximum atomic E-state index is 4.13. The van der Waals surface area contributed by atoms with Gasteiger partial charge in [0.1, 0.15) is 0 Å². The van der Waals surface area contributed by atoms with E-state index in [1.807, 2.05) is 0 Å². The summed E-state index contributed by atoms with van der Waals surface area (Å²) in [6.07, 6.45) is 3.87. The summed E-state index contributed by atoms with van der Waals surface area (Å²) in [5.41, 5.74) is 0.748. The van der Waals surface area contributed by atoms with E-state index in [0.29, 0.717) is 5.41 Å². The summed E-state index contributed by atoms with van der Waals surface area (Å²) < 4.78 is 0. The first kappa shape index (κ1) is 13.0. The Morgan fingerprint density at radius 3 is 1.77 bits per heavy atom. The molecule has 13 heavy (non-hydrogen) atoms. The van der Waals surface area contributed by atoms with E-state index in [1.165, 1.54) is 19.3 Å².